The van der Waals surface area contributed by atoms with Crippen molar-refractivity contribution in [3.63, 3.8) is 0 Å². The lowest BCUT2D eigenvalue weighted by molar-refractivity contribution is 0.503. The van der Waals surface area contributed by atoms with Crippen molar-refractivity contribution in [1.82, 2.24) is 15.6 Å². The maximum atomic E-state index is 13.4. The molecule has 0 aliphatic heterocycles. The van der Waals surface area contributed by atoms with Crippen LogP contribution in [0.3, 0.4) is 0 Å². The topological polar surface area (TPSA) is 49.3 Å². The van der Waals surface area contributed by atoms with E-state index in [0.717, 1.165) is 30.2 Å². The number of aromatic nitrogens is 1. The summed E-state index contributed by atoms with van der Waals surface area (Å²) >= 11 is 0. The number of hydrogen-bond acceptors (Lipinski definition) is 2. The van der Waals surface area contributed by atoms with E-state index in [2.05, 4.69) is 34.5 Å². The fraction of sp³-hybridized carbons (Fsp3) is 0.368. The molecule has 1 aromatic carbocycles. The molecule has 1 aromatic heterocycles. The molecule has 2 N–H and O–H groups in total. The largest absolute Gasteiger partial charge is 0.356 e. The van der Waals surface area contributed by atoms with E-state index in [4.69, 9.17) is 0 Å². The lowest BCUT2D eigenvalue weighted by atomic mass is 9.84. The fourth-order valence-corrected chi connectivity index (χ4v) is 2.39. The van der Waals surface area contributed by atoms with E-state index in [9.17, 15) is 4.39 Å². The highest BCUT2D eigenvalue weighted by atomic mass is 19.1. The number of hydrogen-bond donors (Lipinski definition) is 2. The average molecular weight is 328 g/mol. The summed E-state index contributed by atoms with van der Waals surface area (Å²) in [5, 5.41) is 6.59. The highest BCUT2D eigenvalue weighted by Gasteiger charge is 2.21. The van der Waals surface area contributed by atoms with Gasteiger partial charge in [0, 0.05) is 43.9 Å². The van der Waals surface area contributed by atoms with Gasteiger partial charge in [0.2, 0.25) is 0 Å². The molecule has 2 rings (SSSR count). The Labute approximate surface area is 143 Å². The number of halogens is 1. The molecule has 0 saturated heterocycles. The third kappa shape index (κ3) is 5.33. The van der Waals surface area contributed by atoms with Crippen molar-refractivity contribution in [2.75, 3.05) is 20.1 Å². The summed E-state index contributed by atoms with van der Waals surface area (Å²) in [6, 6.07) is 12.6. The molecule has 0 radical (unpaired) electrons. The Morgan fingerprint density at radius 1 is 1.17 bits per heavy atom. The van der Waals surface area contributed by atoms with E-state index in [1.807, 2.05) is 24.3 Å². The number of aliphatic imine (C=N–C) groups is 1. The molecular formula is C19H25FN4. The van der Waals surface area contributed by atoms with Crippen molar-refractivity contribution < 1.29 is 4.39 Å². The van der Waals surface area contributed by atoms with Gasteiger partial charge in [-0.25, -0.2) is 4.39 Å². The van der Waals surface area contributed by atoms with E-state index in [1.54, 1.807) is 25.4 Å². The van der Waals surface area contributed by atoms with Crippen LogP contribution in [0.2, 0.25) is 0 Å². The summed E-state index contributed by atoms with van der Waals surface area (Å²) in [4.78, 5) is 8.53. The summed E-state index contributed by atoms with van der Waals surface area (Å²) in [7, 11) is 1.74. The molecule has 0 aliphatic rings. The first-order valence-electron chi connectivity index (χ1n) is 8.12. The SMILES string of the molecule is CN=C(NCCc1ccccn1)NCC(C)(C)c1cccc(F)c1. The lowest BCUT2D eigenvalue weighted by Gasteiger charge is -2.26. The van der Waals surface area contributed by atoms with Gasteiger partial charge >= 0.3 is 0 Å². The Balaban J connectivity index is 1.84. The van der Waals surface area contributed by atoms with Crippen molar-refractivity contribution in [3.8, 4) is 0 Å². The Hall–Kier alpha value is -2.43. The quantitative estimate of drug-likeness (QED) is 0.633. The second kappa shape index (κ2) is 8.43. The molecule has 0 fully saturated rings. The summed E-state index contributed by atoms with van der Waals surface area (Å²) in [5.74, 6) is 0.522. The summed E-state index contributed by atoms with van der Waals surface area (Å²) in [5.41, 5.74) is 1.79. The predicted molar refractivity (Wildman–Crippen MR) is 96.7 cm³/mol. The molecule has 2 aromatic rings. The van der Waals surface area contributed by atoms with Crippen molar-refractivity contribution in [1.29, 1.82) is 0 Å². The van der Waals surface area contributed by atoms with Gasteiger partial charge in [-0.2, -0.15) is 0 Å². The first-order chi connectivity index (χ1) is 11.5. The van der Waals surface area contributed by atoms with E-state index in [1.165, 1.54) is 6.07 Å². The number of pyridine rings is 1. The monoisotopic (exact) mass is 328 g/mol. The molecule has 0 atom stereocenters. The van der Waals surface area contributed by atoms with Gasteiger partial charge < -0.3 is 10.6 Å². The van der Waals surface area contributed by atoms with E-state index in [-0.39, 0.29) is 11.2 Å². The van der Waals surface area contributed by atoms with Crippen molar-refractivity contribution in [2.45, 2.75) is 25.7 Å². The minimum atomic E-state index is -0.210. The van der Waals surface area contributed by atoms with E-state index in [0.29, 0.717) is 6.54 Å². The highest BCUT2D eigenvalue weighted by molar-refractivity contribution is 5.79. The molecule has 0 spiro atoms. The van der Waals surface area contributed by atoms with Gasteiger partial charge in [0.05, 0.1) is 0 Å². The molecule has 1 heterocycles. The number of nitrogens with zero attached hydrogens (tertiary/aromatic N) is 2. The molecule has 0 bridgehead atoms. The normalized spacial score (nSPS) is 12.1. The minimum absolute atomic E-state index is 0.208. The van der Waals surface area contributed by atoms with E-state index < -0.39 is 0 Å². The van der Waals surface area contributed by atoms with Crippen LogP contribution in [0.25, 0.3) is 0 Å². The van der Waals surface area contributed by atoms with Gasteiger partial charge in [-0.3, -0.25) is 9.98 Å². The third-order valence-corrected chi connectivity index (χ3v) is 3.93. The van der Waals surface area contributed by atoms with Gasteiger partial charge in [-0.15, -0.1) is 0 Å². The van der Waals surface area contributed by atoms with Crippen molar-refractivity contribution in [2.24, 2.45) is 4.99 Å². The molecule has 0 amide bonds. The third-order valence-electron chi connectivity index (χ3n) is 3.93. The van der Waals surface area contributed by atoms with Crippen LogP contribution in [0.5, 0.6) is 0 Å². The van der Waals surface area contributed by atoms with Crippen LogP contribution in [-0.2, 0) is 11.8 Å². The van der Waals surface area contributed by atoms with Gasteiger partial charge in [-0.05, 0) is 29.8 Å². The molecule has 128 valence electrons. The van der Waals surface area contributed by atoms with Gasteiger partial charge in [0.1, 0.15) is 5.82 Å². The fourth-order valence-electron chi connectivity index (χ4n) is 2.39. The molecule has 0 aliphatic carbocycles. The second-order valence-corrected chi connectivity index (χ2v) is 6.32. The molecule has 24 heavy (non-hydrogen) atoms. The molecular weight excluding hydrogens is 303 g/mol. The standard InChI is InChI=1S/C19H25FN4/c1-19(2,15-7-6-8-16(20)13-15)14-24-18(21-3)23-12-10-17-9-4-5-11-22-17/h4-9,11,13H,10,12,14H2,1-3H3,(H2,21,23,24). The Kier molecular flexibility index (Phi) is 6.29. The number of nitrogens with one attached hydrogen (secondary N) is 2. The summed E-state index contributed by atoms with van der Waals surface area (Å²) < 4.78 is 13.4. The van der Waals surface area contributed by atoms with Gasteiger partial charge in [0.25, 0.3) is 0 Å². The van der Waals surface area contributed by atoms with Crippen LogP contribution in [0.15, 0.2) is 53.7 Å². The molecule has 4 nitrogen and oxygen atoms in total. The zero-order valence-corrected chi connectivity index (χ0v) is 14.5. The Morgan fingerprint density at radius 3 is 2.67 bits per heavy atom. The number of benzene rings is 1. The maximum absolute atomic E-state index is 13.4. The summed E-state index contributed by atoms with van der Waals surface area (Å²) in [6.07, 6.45) is 2.62. The van der Waals surface area contributed by atoms with Crippen molar-refractivity contribution in [3.05, 3.63) is 65.7 Å². The predicted octanol–water partition coefficient (Wildman–Crippen LogP) is 2.91. The van der Waals surface area contributed by atoms with E-state index >= 15 is 0 Å². The van der Waals surface area contributed by atoms with Crippen LogP contribution in [0.4, 0.5) is 4.39 Å². The number of rotatable bonds is 6. The first-order valence-corrected chi connectivity index (χ1v) is 8.12. The second-order valence-electron chi connectivity index (χ2n) is 6.32. The number of guanidine groups is 1. The lowest BCUT2D eigenvalue weighted by Crippen LogP contribution is -2.44. The zero-order valence-electron chi connectivity index (χ0n) is 14.5. The molecule has 0 unspecified atom stereocenters. The highest BCUT2D eigenvalue weighted by Crippen LogP contribution is 2.22. The van der Waals surface area contributed by atoms with Crippen LogP contribution >= 0.6 is 0 Å². The van der Waals surface area contributed by atoms with Crippen LogP contribution in [0, 0.1) is 5.82 Å². The summed E-state index contributed by atoms with van der Waals surface area (Å²) in [6.45, 7) is 5.56. The Morgan fingerprint density at radius 2 is 2.00 bits per heavy atom. The Bertz CT molecular complexity index is 668. The van der Waals surface area contributed by atoms with Crippen LogP contribution in [0.1, 0.15) is 25.1 Å². The minimum Gasteiger partial charge on any atom is -0.356 e. The zero-order chi connectivity index (χ0) is 17.4. The maximum Gasteiger partial charge on any atom is 0.191 e. The molecule has 0 saturated carbocycles. The molecule has 5 heteroatoms. The van der Waals surface area contributed by atoms with Gasteiger partial charge in [0.15, 0.2) is 5.96 Å². The van der Waals surface area contributed by atoms with Crippen molar-refractivity contribution >= 4 is 5.96 Å². The van der Waals surface area contributed by atoms with Crippen LogP contribution in [-0.4, -0.2) is 31.1 Å². The average Bonchev–Trinajstić information content (AvgIpc) is 2.59. The van der Waals surface area contributed by atoms with Gasteiger partial charge in [-0.1, -0.05) is 32.0 Å². The first kappa shape index (κ1) is 17.9. The van der Waals surface area contributed by atoms with Crippen LogP contribution < -0.4 is 10.6 Å². The smallest absolute Gasteiger partial charge is 0.191 e.